The number of hydrogen-bond acceptors (Lipinski definition) is 3. The molecule has 6 heteroatoms. The minimum Gasteiger partial charge on any atom is 1.00 e. The maximum absolute atomic E-state index is 10.3. The smallest absolute Gasteiger partial charge is 1.00 e. The van der Waals surface area contributed by atoms with Gasteiger partial charge >= 0.3 is 120 Å². The Hall–Kier alpha value is 0.649. The van der Waals surface area contributed by atoms with Crippen LogP contribution in [0.2, 0.25) is 5.32 Å². The molecule has 78 valence electrons. The van der Waals surface area contributed by atoms with Crippen LogP contribution in [-0.2, 0) is 10.1 Å². The standard InChI is InChI=1S/C9H12O3SSe.Na/c10-13(11,12)7-4-8-14-9-5-2-1-3-6-9;/h1-3,5-6H,4,7-8H2,(H,10,11,12);/q;+1/p-1. The van der Waals surface area contributed by atoms with Gasteiger partial charge in [-0.25, -0.2) is 0 Å². The van der Waals surface area contributed by atoms with E-state index in [4.69, 9.17) is 0 Å². The van der Waals surface area contributed by atoms with Gasteiger partial charge in [-0.3, -0.25) is 0 Å². The molecule has 0 spiro atoms. The molecule has 0 N–H and O–H groups in total. The van der Waals surface area contributed by atoms with Crippen molar-refractivity contribution in [1.82, 2.24) is 0 Å². The quantitative estimate of drug-likeness (QED) is 0.340. The third-order valence-corrected chi connectivity index (χ3v) is 4.64. The summed E-state index contributed by atoms with van der Waals surface area (Å²) in [6, 6.07) is 9.90. The largest absolute Gasteiger partial charge is 1.00 e. The molecular formula is C9H11NaO3SSe. The van der Waals surface area contributed by atoms with E-state index in [1.165, 1.54) is 4.46 Å². The van der Waals surface area contributed by atoms with E-state index in [-0.39, 0.29) is 50.3 Å². The van der Waals surface area contributed by atoms with Crippen LogP contribution in [0.1, 0.15) is 6.42 Å². The van der Waals surface area contributed by atoms with Crippen molar-refractivity contribution < 1.29 is 42.5 Å². The zero-order valence-corrected chi connectivity index (χ0v) is 13.1. The Balaban J connectivity index is 0.00000196. The van der Waals surface area contributed by atoms with Gasteiger partial charge in [-0.05, 0) is 0 Å². The molecule has 0 aliphatic carbocycles. The third kappa shape index (κ3) is 8.46. The number of benzene rings is 1. The summed E-state index contributed by atoms with van der Waals surface area (Å²) in [4.78, 5) is 0. The van der Waals surface area contributed by atoms with Crippen LogP contribution in [-0.4, -0.2) is 33.7 Å². The first-order chi connectivity index (χ1) is 6.58. The van der Waals surface area contributed by atoms with Gasteiger partial charge in [0.2, 0.25) is 0 Å². The minimum absolute atomic E-state index is 0. The molecule has 1 aromatic carbocycles. The summed E-state index contributed by atoms with van der Waals surface area (Å²) < 4.78 is 32.1. The normalized spacial score (nSPS) is 10.7. The zero-order valence-electron chi connectivity index (χ0n) is 8.55. The van der Waals surface area contributed by atoms with Crippen molar-refractivity contribution in [2.24, 2.45) is 0 Å². The first kappa shape index (κ1) is 15.6. The molecule has 1 rings (SSSR count). The fraction of sp³-hybridized carbons (Fsp3) is 0.333. The summed E-state index contributed by atoms with van der Waals surface area (Å²) in [5.41, 5.74) is 0. The molecule has 0 amide bonds. The second-order valence-corrected chi connectivity index (χ2v) is 6.75. The molecule has 1 aromatic rings. The summed E-state index contributed by atoms with van der Waals surface area (Å²) in [5, 5.41) is 0.804. The van der Waals surface area contributed by atoms with Crippen LogP contribution in [0.15, 0.2) is 30.3 Å². The molecule has 0 unspecified atom stereocenters. The SMILES string of the molecule is O=S(=O)([O-])CCC[Se]c1ccccc1.[Na+]. The molecule has 3 nitrogen and oxygen atoms in total. The molecule has 0 aliphatic heterocycles. The second kappa shape index (κ2) is 7.85. The van der Waals surface area contributed by atoms with E-state index in [1.54, 1.807) is 0 Å². The summed E-state index contributed by atoms with van der Waals surface area (Å²) in [6.07, 6.45) is 0.473. The Morgan fingerprint density at radius 1 is 1.20 bits per heavy atom. The van der Waals surface area contributed by atoms with Gasteiger partial charge < -0.3 is 0 Å². The van der Waals surface area contributed by atoms with Gasteiger partial charge in [0, 0.05) is 0 Å². The maximum Gasteiger partial charge on any atom is 1.00 e. The van der Waals surface area contributed by atoms with E-state index in [1.807, 2.05) is 30.3 Å². The first-order valence-corrected chi connectivity index (χ1v) is 7.84. The first-order valence-electron chi connectivity index (χ1n) is 4.19. The van der Waals surface area contributed by atoms with Crippen molar-refractivity contribution in [1.29, 1.82) is 0 Å². The van der Waals surface area contributed by atoms with Crippen LogP contribution in [0.3, 0.4) is 0 Å². The van der Waals surface area contributed by atoms with E-state index < -0.39 is 10.1 Å². The van der Waals surface area contributed by atoms with E-state index in [0.29, 0.717) is 6.42 Å². The topological polar surface area (TPSA) is 57.2 Å². The molecule has 0 heterocycles. The molecule has 0 saturated carbocycles. The third-order valence-electron chi connectivity index (χ3n) is 1.55. The number of rotatable bonds is 5. The molecule has 0 fully saturated rings. The molecule has 0 bridgehead atoms. The molecule has 0 radical (unpaired) electrons. The predicted octanol–water partition coefficient (Wildman–Crippen LogP) is -2.63. The molecule has 0 atom stereocenters. The Morgan fingerprint density at radius 3 is 2.33 bits per heavy atom. The molecule has 0 saturated heterocycles. The van der Waals surface area contributed by atoms with Gasteiger partial charge in [0.1, 0.15) is 0 Å². The fourth-order valence-electron chi connectivity index (χ4n) is 0.942. The van der Waals surface area contributed by atoms with Crippen LogP contribution < -0.4 is 34.0 Å². The van der Waals surface area contributed by atoms with E-state index in [0.717, 1.165) is 5.32 Å². The van der Waals surface area contributed by atoms with E-state index in [9.17, 15) is 13.0 Å². The minimum atomic E-state index is -4.02. The van der Waals surface area contributed by atoms with Crippen molar-refractivity contribution in [3.63, 3.8) is 0 Å². The van der Waals surface area contributed by atoms with Crippen LogP contribution in [0.25, 0.3) is 0 Å². The van der Waals surface area contributed by atoms with E-state index in [2.05, 4.69) is 0 Å². The predicted molar refractivity (Wildman–Crippen MR) is 55.8 cm³/mol. The van der Waals surface area contributed by atoms with Gasteiger partial charge in [-0.1, -0.05) is 0 Å². The Morgan fingerprint density at radius 2 is 1.80 bits per heavy atom. The Labute approximate surface area is 119 Å². The van der Waals surface area contributed by atoms with E-state index >= 15 is 0 Å². The van der Waals surface area contributed by atoms with Gasteiger partial charge in [0.25, 0.3) is 0 Å². The molecular weight excluding hydrogens is 290 g/mol. The summed E-state index contributed by atoms with van der Waals surface area (Å²) in [7, 11) is -4.02. The van der Waals surface area contributed by atoms with Crippen molar-refractivity contribution in [2.75, 3.05) is 5.75 Å². The summed E-state index contributed by atoms with van der Waals surface area (Å²) >= 11 is 0.284. The zero-order chi connectivity index (χ0) is 10.4. The van der Waals surface area contributed by atoms with Gasteiger partial charge in [-0.2, -0.15) is 0 Å². The van der Waals surface area contributed by atoms with Gasteiger partial charge in [0.15, 0.2) is 0 Å². The van der Waals surface area contributed by atoms with Gasteiger partial charge in [-0.15, -0.1) is 0 Å². The number of hydrogen-bond donors (Lipinski definition) is 0. The van der Waals surface area contributed by atoms with Crippen molar-refractivity contribution in [2.45, 2.75) is 11.7 Å². The van der Waals surface area contributed by atoms with Crippen LogP contribution in [0, 0.1) is 0 Å². The van der Waals surface area contributed by atoms with Crippen molar-refractivity contribution in [3.05, 3.63) is 30.3 Å². The maximum atomic E-state index is 10.3. The Kier molecular flexibility index (Phi) is 8.19. The second-order valence-electron chi connectivity index (χ2n) is 2.78. The van der Waals surface area contributed by atoms with Gasteiger partial charge in [0.05, 0.1) is 0 Å². The van der Waals surface area contributed by atoms with Crippen LogP contribution in [0.4, 0.5) is 0 Å². The monoisotopic (exact) mass is 302 g/mol. The van der Waals surface area contributed by atoms with Crippen LogP contribution in [0.5, 0.6) is 0 Å². The fourth-order valence-corrected chi connectivity index (χ4v) is 3.69. The molecule has 0 aliphatic rings. The van der Waals surface area contributed by atoms with Crippen LogP contribution >= 0.6 is 0 Å². The van der Waals surface area contributed by atoms with Crippen molar-refractivity contribution in [3.8, 4) is 0 Å². The molecule has 15 heavy (non-hydrogen) atoms. The van der Waals surface area contributed by atoms with Crippen molar-refractivity contribution >= 4 is 29.5 Å². The summed E-state index contributed by atoms with van der Waals surface area (Å²) in [6.45, 7) is 0. The Bertz CT molecular complexity index is 366. The molecule has 0 aromatic heterocycles. The average Bonchev–Trinajstić information content (AvgIpc) is 2.13. The summed E-state index contributed by atoms with van der Waals surface area (Å²) in [5.74, 6) is -0.235. The average molecular weight is 301 g/mol.